The predicted molar refractivity (Wildman–Crippen MR) is 146 cm³/mol. The Balaban J connectivity index is 1.63. The van der Waals surface area contributed by atoms with Crippen molar-refractivity contribution in [1.29, 1.82) is 0 Å². The first kappa shape index (κ1) is 25.9. The summed E-state index contributed by atoms with van der Waals surface area (Å²) in [7, 11) is 0. The van der Waals surface area contributed by atoms with E-state index in [1.54, 1.807) is 24.3 Å². The molecular formula is C29H27Br2NO5. The summed E-state index contributed by atoms with van der Waals surface area (Å²) in [6, 6.07) is 10.4. The van der Waals surface area contributed by atoms with Gasteiger partial charge in [0.25, 0.3) is 0 Å². The Morgan fingerprint density at radius 3 is 2.11 bits per heavy atom. The molecule has 1 N–H and O–H groups in total. The Kier molecular flexibility index (Phi) is 7.41. The summed E-state index contributed by atoms with van der Waals surface area (Å²) in [4.78, 5) is 40.4. The fourth-order valence-corrected chi connectivity index (χ4v) is 7.13. The highest BCUT2D eigenvalue weighted by molar-refractivity contribution is 9.11. The molecule has 0 bridgehead atoms. The lowest BCUT2D eigenvalue weighted by Crippen LogP contribution is -2.39. The summed E-state index contributed by atoms with van der Waals surface area (Å²) in [6.07, 6.45) is 4.22. The van der Waals surface area contributed by atoms with E-state index in [4.69, 9.17) is 4.74 Å². The number of carbonyl (C=O) groups excluding carboxylic acids is 2. The average Bonchev–Trinajstić information content (AvgIpc) is 2.87. The van der Waals surface area contributed by atoms with E-state index in [-0.39, 0.29) is 23.7 Å². The first-order valence-electron chi connectivity index (χ1n) is 12.5. The van der Waals surface area contributed by atoms with E-state index in [0.717, 1.165) is 70.4 Å². The fraction of sp³-hybridized carbons (Fsp3) is 0.345. The molecule has 3 aliphatic rings. The number of aromatic carboxylic acids is 1. The summed E-state index contributed by atoms with van der Waals surface area (Å²) in [5, 5.41) is 9.19. The van der Waals surface area contributed by atoms with Crippen LogP contribution in [-0.2, 0) is 16.2 Å². The van der Waals surface area contributed by atoms with Gasteiger partial charge in [0, 0.05) is 57.9 Å². The van der Waals surface area contributed by atoms with Crippen LogP contribution in [0, 0.1) is 0 Å². The highest BCUT2D eigenvalue weighted by atomic mass is 79.9. The molecule has 37 heavy (non-hydrogen) atoms. The van der Waals surface area contributed by atoms with Gasteiger partial charge in [-0.05, 0) is 78.4 Å². The van der Waals surface area contributed by atoms with Crippen LogP contribution in [0.2, 0.25) is 0 Å². The Labute approximate surface area is 232 Å². The zero-order chi connectivity index (χ0) is 26.3. The van der Waals surface area contributed by atoms with Crippen LogP contribution >= 0.6 is 31.9 Å². The largest absolute Gasteiger partial charge is 0.487 e. The predicted octanol–water partition coefficient (Wildman–Crippen LogP) is 6.92. The number of ether oxygens (including phenoxy) is 1. The van der Waals surface area contributed by atoms with Crippen LogP contribution < -0.4 is 4.74 Å². The number of ketones is 2. The third kappa shape index (κ3) is 4.81. The molecule has 2 aliphatic carbocycles. The molecule has 2 aromatic carbocycles. The van der Waals surface area contributed by atoms with E-state index in [1.807, 2.05) is 12.1 Å². The standard InChI is InChI=1S/C29H27Br2NO5/c1-2-32-21-5-3-7-23(33)26(21)25(27-22(32)6-4-8-24(27)34)19-13-18(30)14-20(31)28(19)37-15-16-9-11-17(12-10-16)29(35)36/h9-14,25H,2-8,15H2,1H3,(H,35,36). The molecule has 0 fully saturated rings. The SMILES string of the molecule is CCN1C2=C(C(=O)CCC2)C(c2cc(Br)cc(Br)c2OCc2ccc(C(=O)O)cc2)C2=C1CCCC2=O. The topological polar surface area (TPSA) is 83.9 Å². The highest BCUT2D eigenvalue weighted by Crippen LogP contribution is 2.52. The Morgan fingerprint density at radius 2 is 1.57 bits per heavy atom. The van der Waals surface area contributed by atoms with Gasteiger partial charge in [-0.2, -0.15) is 0 Å². The molecule has 192 valence electrons. The van der Waals surface area contributed by atoms with E-state index in [1.165, 1.54) is 0 Å². The fourth-order valence-electron chi connectivity index (χ4n) is 5.76. The second-order valence-electron chi connectivity index (χ2n) is 9.55. The minimum absolute atomic E-state index is 0.0981. The number of carbonyl (C=O) groups is 3. The van der Waals surface area contributed by atoms with E-state index in [2.05, 4.69) is 43.7 Å². The van der Waals surface area contributed by atoms with Crippen molar-refractivity contribution in [1.82, 2.24) is 4.90 Å². The van der Waals surface area contributed by atoms with Crippen molar-refractivity contribution < 1.29 is 24.2 Å². The van der Waals surface area contributed by atoms with E-state index in [9.17, 15) is 19.5 Å². The van der Waals surface area contributed by atoms with Gasteiger partial charge in [-0.3, -0.25) is 9.59 Å². The van der Waals surface area contributed by atoms with Crippen LogP contribution in [0.4, 0.5) is 0 Å². The molecule has 6 nitrogen and oxygen atoms in total. The summed E-state index contributed by atoms with van der Waals surface area (Å²) in [5.41, 5.74) is 5.35. The molecule has 0 radical (unpaired) electrons. The molecule has 0 unspecified atom stereocenters. The van der Waals surface area contributed by atoms with Crippen molar-refractivity contribution >= 4 is 49.4 Å². The van der Waals surface area contributed by atoms with Crippen molar-refractivity contribution in [3.63, 3.8) is 0 Å². The number of nitrogens with zero attached hydrogens (tertiary/aromatic N) is 1. The lowest BCUT2D eigenvalue weighted by molar-refractivity contribution is -0.117. The molecule has 8 heteroatoms. The third-order valence-corrected chi connectivity index (χ3v) is 8.38. The number of halogens is 2. The van der Waals surface area contributed by atoms with Crippen molar-refractivity contribution in [3.05, 3.63) is 84.6 Å². The minimum Gasteiger partial charge on any atom is -0.487 e. The van der Waals surface area contributed by atoms with E-state index >= 15 is 0 Å². The third-order valence-electron chi connectivity index (χ3n) is 7.33. The zero-order valence-corrected chi connectivity index (χ0v) is 23.7. The van der Waals surface area contributed by atoms with Gasteiger partial charge in [0.15, 0.2) is 11.6 Å². The number of Topliss-reactive ketones (excluding diaryl/α,β-unsaturated/α-hetero) is 2. The Morgan fingerprint density at radius 1 is 0.973 bits per heavy atom. The first-order valence-corrected chi connectivity index (χ1v) is 14.1. The quantitative estimate of drug-likeness (QED) is 0.374. The molecule has 0 amide bonds. The molecule has 0 saturated carbocycles. The smallest absolute Gasteiger partial charge is 0.335 e. The Bertz CT molecular complexity index is 1320. The van der Waals surface area contributed by atoms with Gasteiger partial charge in [-0.15, -0.1) is 0 Å². The van der Waals surface area contributed by atoms with Crippen molar-refractivity contribution in [2.24, 2.45) is 0 Å². The molecule has 0 spiro atoms. The summed E-state index contributed by atoms with van der Waals surface area (Å²) in [6.45, 7) is 3.01. The maximum absolute atomic E-state index is 13.5. The van der Waals surface area contributed by atoms with Gasteiger partial charge in [-0.1, -0.05) is 28.1 Å². The van der Waals surface area contributed by atoms with Gasteiger partial charge < -0.3 is 14.7 Å². The summed E-state index contributed by atoms with van der Waals surface area (Å²) < 4.78 is 7.89. The molecule has 0 aromatic heterocycles. The molecule has 5 rings (SSSR count). The lowest BCUT2D eigenvalue weighted by atomic mass is 9.70. The maximum atomic E-state index is 13.5. The van der Waals surface area contributed by atoms with Crippen molar-refractivity contribution in [2.45, 2.75) is 58.0 Å². The van der Waals surface area contributed by atoms with Crippen LogP contribution in [0.25, 0.3) is 0 Å². The maximum Gasteiger partial charge on any atom is 0.335 e. The average molecular weight is 629 g/mol. The van der Waals surface area contributed by atoms with Crippen LogP contribution in [0.1, 0.15) is 72.9 Å². The monoisotopic (exact) mass is 627 g/mol. The van der Waals surface area contributed by atoms with Crippen molar-refractivity contribution in [3.8, 4) is 5.75 Å². The van der Waals surface area contributed by atoms with Gasteiger partial charge in [0.05, 0.1) is 10.0 Å². The highest BCUT2D eigenvalue weighted by Gasteiger charge is 2.44. The Hall–Kier alpha value is -2.71. The number of benzene rings is 2. The van der Waals surface area contributed by atoms with E-state index < -0.39 is 11.9 Å². The summed E-state index contributed by atoms with van der Waals surface area (Å²) in [5.74, 6) is -0.685. The number of allylic oxidation sites excluding steroid dienone is 4. The van der Waals surface area contributed by atoms with E-state index in [0.29, 0.717) is 23.1 Å². The number of rotatable bonds is 6. The molecule has 1 aliphatic heterocycles. The van der Waals surface area contributed by atoms with Crippen LogP contribution in [0.3, 0.4) is 0 Å². The minimum atomic E-state index is -0.980. The second-order valence-corrected chi connectivity index (χ2v) is 11.3. The number of hydrogen-bond donors (Lipinski definition) is 1. The number of hydrogen-bond acceptors (Lipinski definition) is 5. The lowest BCUT2D eigenvalue weighted by Gasteiger charge is -2.43. The zero-order valence-electron chi connectivity index (χ0n) is 20.5. The normalized spacial score (nSPS) is 18.2. The van der Waals surface area contributed by atoms with Gasteiger partial charge in [0.2, 0.25) is 0 Å². The molecule has 1 heterocycles. The van der Waals surface area contributed by atoms with Crippen LogP contribution in [-0.4, -0.2) is 34.1 Å². The van der Waals surface area contributed by atoms with Gasteiger partial charge in [-0.25, -0.2) is 4.79 Å². The number of carboxylic acids is 1. The molecular weight excluding hydrogens is 602 g/mol. The second kappa shape index (κ2) is 10.6. The molecule has 0 saturated heterocycles. The van der Waals surface area contributed by atoms with Crippen LogP contribution in [0.5, 0.6) is 5.75 Å². The van der Waals surface area contributed by atoms with Crippen LogP contribution in [0.15, 0.2) is 67.9 Å². The first-order chi connectivity index (χ1) is 17.8. The molecule has 2 aromatic rings. The summed E-state index contributed by atoms with van der Waals surface area (Å²) >= 11 is 7.27. The van der Waals surface area contributed by atoms with Crippen molar-refractivity contribution in [2.75, 3.05) is 6.54 Å². The van der Waals surface area contributed by atoms with Gasteiger partial charge >= 0.3 is 5.97 Å². The van der Waals surface area contributed by atoms with Gasteiger partial charge in [0.1, 0.15) is 12.4 Å². The molecule has 0 atom stereocenters. The number of carboxylic acid groups (broad SMARTS) is 1.